The number of anilines is 1. The summed E-state index contributed by atoms with van der Waals surface area (Å²) in [5.74, 6) is 0.0188. The van der Waals surface area contributed by atoms with E-state index in [1.54, 1.807) is 43.0 Å². The maximum absolute atomic E-state index is 13.3. The summed E-state index contributed by atoms with van der Waals surface area (Å²) < 4.78 is 35.2. The number of nitrogens with one attached hydrogen (secondary N) is 1. The van der Waals surface area contributed by atoms with E-state index in [4.69, 9.17) is 16.0 Å². The summed E-state index contributed by atoms with van der Waals surface area (Å²) in [4.78, 5) is 14.8. The third-order valence-electron chi connectivity index (χ3n) is 5.65. The van der Waals surface area contributed by atoms with Crippen molar-refractivity contribution in [2.45, 2.75) is 38.5 Å². The molecule has 0 radical (unpaired) electrons. The van der Waals surface area contributed by atoms with E-state index >= 15 is 0 Å². The normalized spacial score (nSPS) is 14.5. The molecule has 0 unspecified atom stereocenters. The van der Waals surface area contributed by atoms with Crippen LogP contribution in [0.2, 0.25) is 5.02 Å². The molecular weight excluding hydrogens is 424 g/mol. The second-order valence-electron chi connectivity index (χ2n) is 7.69. The Morgan fingerprint density at radius 2 is 1.70 bits per heavy atom. The third-order valence-corrected chi connectivity index (χ3v) is 7.43. The van der Waals surface area contributed by atoms with Crippen LogP contribution in [0.4, 0.5) is 5.69 Å². The lowest BCUT2D eigenvalue weighted by molar-refractivity contribution is 0.0762. The highest BCUT2D eigenvalue weighted by Gasteiger charge is 2.30. The lowest BCUT2D eigenvalue weighted by atomic mass is 10.0. The number of hydrogen-bond acceptors (Lipinski definition) is 4. The number of fused-ring (bicyclic) bond motifs is 1. The Morgan fingerprint density at radius 1 is 1.07 bits per heavy atom. The number of halogens is 1. The fourth-order valence-electron chi connectivity index (χ4n) is 3.86. The van der Waals surface area contributed by atoms with E-state index in [0.717, 1.165) is 18.4 Å². The van der Waals surface area contributed by atoms with Gasteiger partial charge >= 0.3 is 0 Å². The molecule has 158 valence electrons. The standard InChI is InChI=1S/C22H23ClN2O4S/c1-13-12-18-15(3)19(22(26)25-10-4-5-11-25)29-20(18)21(14(13)2)30(27,28)24-17-8-6-16(23)7-9-17/h6-9,12,24H,4-5,10-11H2,1-3H3. The summed E-state index contributed by atoms with van der Waals surface area (Å²) in [5, 5.41) is 1.15. The van der Waals surface area contributed by atoms with E-state index < -0.39 is 10.0 Å². The van der Waals surface area contributed by atoms with Crippen LogP contribution in [0.5, 0.6) is 0 Å². The van der Waals surface area contributed by atoms with E-state index in [0.29, 0.717) is 40.3 Å². The maximum atomic E-state index is 13.3. The average Bonchev–Trinajstić information content (AvgIpc) is 3.33. The zero-order valence-electron chi connectivity index (χ0n) is 17.1. The van der Waals surface area contributed by atoms with E-state index in [-0.39, 0.29) is 22.1 Å². The van der Waals surface area contributed by atoms with Crippen LogP contribution < -0.4 is 4.72 Å². The van der Waals surface area contributed by atoms with E-state index in [1.165, 1.54) is 0 Å². The number of likely N-dealkylation sites (tertiary alicyclic amines) is 1. The fraction of sp³-hybridized carbons (Fsp3) is 0.318. The van der Waals surface area contributed by atoms with E-state index in [1.807, 2.05) is 13.0 Å². The van der Waals surface area contributed by atoms with E-state index in [9.17, 15) is 13.2 Å². The number of carbonyl (C=O) groups is 1. The van der Waals surface area contributed by atoms with Crippen molar-refractivity contribution in [1.29, 1.82) is 0 Å². The number of aryl methyl sites for hydroxylation is 2. The topological polar surface area (TPSA) is 79.6 Å². The molecule has 0 atom stereocenters. The van der Waals surface area contributed by atoms with Gasteiger partial charge in [0, 0.05) is 34.7 Å². The number of hydrogen-bond donors (Lipinski definition) is 1. The molecule has 1 aliphatic heterocycles. The minimum absolute atomic E-state index is 0.0519. The van der Waals surface area contributed by atoms with Crippen LogP contribution in [0.25, 0.3) is 11.0 Å². The van der Waals surface area contributed by atoms with Crippen molar-refractivity contribution in [3.8, 4) is 0 Å². The quantitative estimate of drug-likeness (QED) is 0.608. The Hall–Kier alpha value is -2.51. The molecule has 2 aromatic carbocycles. The van der Waals surface area contributed by atoms with Crippen molar-refractivity contribution in [2.24, 2.45) is 0 Å². The van der Waals surface area contributed by atoms with E-state index in [2.05, 4.69) is 4.72 Å². The Balaban J connectivity index is 1.86. The average molecular weight is 447 g/mol. The molecule has 3 aromatic rings. The molecular formula is C22H23ClN2O4S. The highest BCUT2D eigenvalue weighted by atomic mass is 35.5. The number of benzene rings is 2. The highest BCUT2D eigenvalue weighted by Crippen LogP contribution is 2.36. The van der Waals surface area contributed by atoms with Crippen LogP contribution in [0.3, 0.4) is 0 Å². The molecule has 0 bridgehead atoms. The van der Waals surface area contributed by atoms with Crippen molar-refractivity contribution >= 4 is 44.2 Å². The van der Waals surface area contributed by atoms with Gasteiger partial charge in [-0.2, -0.15) is 0 Å². The van der Waals surface area contributed by atoms with Crippen molar-refractivity contribution < 1.29 is 17.6 Å². The molecule has 1 aromatic heterocycles. The van der Waals surface area contributed by atoms with Crippen LogP contribution in [0.15, 0.2) is 39.6 Å². The van der Waals surface area contributed by atoms with Crippen LogP contribution in [0.1, 0.15) is 40.1 Å². The molecule has 6 nitrogen and oxygen atoms in total. The smallest absolute Gasteiger partial charge is 0.289 e. The van der Waals surface area contributed by atoms with Crippen molar-refractivity contribution in [2.75, 3.05) is 17.8 Å². The Labute approximate surface area is 180 Å². The second-order valence-corrected chi connectivity index (χ2v) is 9.75. The molecule has 1 N–H and O–H groups in total. The number of rotatable bonds is 4. The lowest BCUT2D eigenvalue weighted by Gasteiger charge is -2.13. The first-order chi connectivity index (χ1) is 14.2. The summed E-state index contributed by atoms with van der Waals surface area (Å²) in [5.41, 5.74) is 2.65. The van der Waals surface area contributed by atoms with Gasteiger partial charge in [0.25, 0.3) is 15.9 Å². The number of nitrogens with zero attached hydrogens (tertiary/aromatic N) is 1. The zero-order chi connectivity index (χ0) is 21.6. The van der Waals surface area contributed by atoms with Gasteiger partial charge in [0.2, 0.25) is 0 Å². The summed E-state index contributed by atoms with van der Waals surface area (Å²) in [7, 11) is -3.97. The van der Waals surface area contributed by atoms with Crippen LogP contribution in [0, 0.1) is 20.8 Å². The van der Waals surface area contributed by atoms with Gasteiger partial charge in [-0.1, -0.05) is 11.6 Å². The minimum Gasteiger partial charge on any atom is -0.449 e. The predicted molar refractivity (Wildman–Crippen MR) is 118 cm³/mol. The molecule has 1 aliphatic rings. The van der Waals surface area contributed by atoms with Crippen LogP contribution >= 0.6 is 11.6 Å². The Morgan fingerprint density at radius 3 is 2.33 bits per heavy atom. The van der Waals surface area contributed by atoms with Crippen molar-refractivity contribution in [3.05, 3.63) is 57.8 Å². The highest BCUT2D eigenvalue weighted by molar-refractivity contribution is 7.93. The van der Waals surface area contributed by atoms with Crippen LogP contribution in [-0.4, -0.2) is 32.3 Å². The first-order valence-electron chi connectivity index (χ1n) is 9.80. The summed E-state index contributed by atoms with van der Waals surface area (Å²) >= 11 is 5.90. The van der Waals surface area contributed by atoms with Gasteiger partial charge in [-0.15, -0.1) is 0 Å². The third kappa shape index (κ3) is 3.56. The van der Waals surface area contributed by atoms with Gasteiger partial charge in [0.05, 0.1) is 0 Å². The lowest BCUT2D eigenvalue weighted by Crippen LogP contribution is -2.27. The predicted octanol–water partition coefficient (Wildman–Crippen LogP) is 5.05. The van der Waals surface area contributed by atoms with Crippen LogP contribution in [-0.2, 0) is 10.0 Å². The molecule has 2 heterocycles. The Kier molecular flexibility index (Phi) is 5.28. The van der Waals surface area contributed by atoms with Gasteiger partial charge < -0.3 is 9.32 Å². The van der Waals surface area contributed by atoms with Gasteiger partial charge in [-0.3, -0.25) is 9.52 Å². The summed E-state index contributed by atoms with van der Waals surface area (Å²) in [6.07, 6.45) is 1.93. The molecule has 30 heavy (non-hydrogen) atoms. The first kappa shape index (κ1) is 20.8. The molecule has 0 spiro atoms. The molecule has 0 saturated carbocycles. The van der Waals surface area contributed by atoms with Gasteiger partial charge in [0.1, 0.15) is 4.90 Å². The van der Waals surface area contributed by atoms with Gasteiger partial charge in [-0.05, 0) is 75.1 Å². The summed E-state index contributed by atoms with van der Waals surface area (Å²) in [6, 6.07) is 8.30. The SMILES string of the molecule is Cc1cc2c(C)c(C(=O)N3CCCC3)oc2c(S(=O)(=O)Nc2ccc(Cl)cc2)c1C. The monoisotopic (exact) mass is 446 g/mol. The molecule has 0 aliphatic carbocycles. The first-order valence-corrected chi connectivity index (χ1v) is 11.7. The zero-order valence-corrected chi connectivity index (χ0v) is 18.7. The molecule has 8 heteroatoms. The fourth-order valence-corrected chi connectivity index (χ4v) is 5.49. The van der Waals surface area contributed by atoms with Crippen molar-refractivity contribution in [3.63, 3.8) is 0 Å². The number of amides is 1. The number of sulfonamides is 1. The van der Waals surface area contributed by atoms with Gasteiger partial charge in [0.15, 0.2) is 11.3 Å². The number of furan rings is 1. The molecule has 1 fully saturated rings. The molecule has 1 saturated heterocycles. The van der Waals surface area contributed by atoms with Gasteiger partial charge in [-0.25, -0.2) is 8.42 Å². The molecule has 1 amide bonds. The second kappa shape index (κ2) is 7.63. The minimum atomic E-state index is -3.97. The molecule has 4 rings (SSSR count). The van der Waals surface area contributed by atoms with Crippen molar-refractivity contribution in [1.82, 2.24) is 4.90 Å². The Bertz CT molecular complexity index is 1240. The largest absolute Gasteiger partial charge is 0.449 e. The maximum Gasteiger partial charge on any atom is 0.289 e. The number of carbonyl (C=O) groups excluding carboxylic acids is 1. The summed E-state index contributed by atoms with van der Waals surface area (Å²) in [6.45, 7) is 6.77.